The van der Waals surface area contributed by atoms with Crippen LogP contribution in [-0.4, -0.2) is 36.2 Å². The van der Waals surface area contributed by atoms with Crippen molar-refractivity contribution in [1.82, 2.24) is 5.32 Å². The van der Waals surface area contributed by atoms with Gasteiger partial charge in [-0.25, -0.2) is 9.18 Å². The highest BCUT2D eigenvalue weighted by Crippen LogP contribution is 2.10. The van der Waals surface area contributed by atoms with Gasteiger partial charge in [0.25, 0.3) is 5.91 Å². The second-order valence-corrected chi connectivity index (χ2v) is 4.05. The van der Waals surface area contributed by atoms with Crippen molar-refractivity contribution in [2.45, 2.75) is 19.1 Å². The molecule has 2 N–H and O–H groups in total. The first-order chi connectivity index (χ1) is 9.40. The lowest BCUT2D eigenvalue weighted by atomic mass is 10.1. The molecule has 0 heterocycles. The molecule has 0 aliphatic rings. The van der Waals surface area contributed by atoms with Crippen LogP contribution < -0.4 is 5.32 Å². The SMILES string of the molecule is C#Cc1ccc(C(=O)N[C@H](C(=O)OC)[C@@H](C)O)cc1F. The normalized spacial score (nSPS) is 12.9. The van der Waals surface area contributed by atoms with Gasteiger partial charge in [-0.05, 0) is 25.1 Å². The van der Waals surface area contributed by atoms with E-state index in [9.17, 15) is 19.1 Å². The highest BCUT2D eigenvalue weighted by Gasteiger charge is 2.27. The summed E-state index contributed by atoms with van der Waals surface area (Å²) in [6, 6.07) is 2.33. The van der Waals surface area contributed by atoms with Crippen molar-refractivity contribution >= 4 is 11.9 Å². The maximum absolute atomic E-state index is 13.5. The molecule has 0 aromatic heterocycles. The summed E-state index contributed by atoms with van der Waals surface area (Å²) in [6.45, 7) is 1.32. The Bertz CT molecular complexity index is 563. The first-order valence-electron chi connectivity index (χ1n) is 5.73. The number of aliphatic hydroxyl groups is 1. The molecule has 0 aliphatic heterocycles. The number of ether oxygens (including phenoxy) is 1. The number of rotatable bonds is 4. The van der Waals surface area contributed by atoms with Crippen LogP contribution >= 0.6 is 0 Å². The number of carbonyl (C=O) groups is 2. The number of hydrogen-bond acceptors (Lipinski definition) is 4. The molecule has 20 heavy (non-hydrogen) atoms. The standard InChI is InChI=1S/C14H14FNO4/c1-4-9-5-6-10(7-11(9)15)13(18)16-12(8(2)17)14(19)20-3/h1,5-8,12,17H,2-3H3,(H,16,18)/t8-,12+/m1/s1. The van der Waals surface area contributed by atoms with Crippen LogP contribution in [0.25, 0.3) is 0 Å². The number of terminal acetylenes is 1. The van der Waals surface area contributed by atoms with E-state index in [0.717, 1.165) is 13.2 Å². The average Bonchev–Trinajstić information content (AvgIpc) is 2.43. The highest BCUT2D eigenvalue weighted by atomic mass is 19.1. The summed E-state index contributed by atoms with van der Waals surface area (Å²) < 4.78 is 17.9. The van der Waals surface area contributed by atoms with Crippen molar-refractivity contribution in [3.05, 3.63) is 35.1 Å². The topological polar surface area (TPSA) is 75.6 Å². The summed E-state index contributed by atoms with van der Waals surface area (Å²) in [5.41, 5.74) is 0.0117. The van der Waals surface area contributed by atoms with Crippen LogP contribution in [0.4, 0.5) is 4.39 Å². The van der Waals surface area contributed by atoms with Crippen LogP contribution in [0, 0.1) is 18.2 Å². The summed E-state index contributed by atoms with van der Waals surface area (Å²) in [6.07, 6.45) is 3.92. The Hall–Kier alpha value is -2.39. The molecule has 2 atom stereocenters. The van der Waals surface area contributed by atoms with Crippen LogP contribution in [0.3, 0.4) is 0 Å². The Labute approximate surface area is 115 Å². The number of halogens is 1. The molecule has 5 nitrogen and oxygen atoms in total. The second kappa shape index (κ2) is 6.68. The summed E-state index contributed by atoms with van der Waals surface area (Å²) in [7, 11) is 1.13. The van der Waals surface area contributed by atoms with Gasteiger partial charge in [-0.3, -0.25) is 4.79 Å². The summed E-state index contributed by atoms with van der Waals surface area (Å²) in [5, 5.41) is 11.7. The molecule has 0 aliphatic carbocycles. The van der Waals surface area contributed by atoms with Crippen molar-refractivity contribution in [3.8, 4) is 12.3 Å². The highest BCUT2D eigenvalue weighted by molar-refractivity contribution is 5.97. The molecule has 6 heteroatoms. The average molecular weight is 279 g/mol. The van der Waals surface area contributed by atoms with Crippen molar-refractivity contribution in [2.24, 2.45) is 0 Å². The van der Waals surface area contributed by atoms with E-state index in [1.807, 2.05) is 0 Å². The van der Waals surface area contributed by atoms with E-state index < -0.39 is 29.8 Å². The van der Waals surface area contributed by atoms with Crippen molar-refractivity contribution in [3.63, 3.8) is 0 Å². The first kappa shape index (κ1) is 15.7. The number of methoxy groups -OCH3 is 1. The Kier molecular flexibility index (Phi) is 5.23. The van der Waals surface area contributed by atoms with E-state index in [1.165, 1.54) is 19.1 Å². The van der Waals surface area contributed by atoms with Crippen molar-refractivity contribution in [1.29, 1.82) is 0 Å². The van der Waals surface area contributed by atoms with E-state index in [4.69, 9.17) is 6.42 Å². The number of carbonyl (C=O) groups excluding carboxylic acids is 2. The third kappa shape index (κ3) is 3.56. The third-order valence-corrected chi connectivity index (χ3v) is 2.61. The largest absolute Gasteiger partial charge is 0.467 e. The van der Waals surface area contributed by atoms with Gasteiger partial charge in [-0.2, -0.15) is 0 Å². The third-order valence-electron chi connectivity index (χ3n) is 2.61. The zero-order chi connectivity index (χ0) is 15.3. The Morgan fingerprint density at radius 1 is 1.50 bits per heavy atom. The zero-order valence-corrected chi connectivity index (χ0v) is 11.0. The minimum atomic E-state index is -1.23. The number of esters is 1. The van der Waals surface area contributed by atoms with Crippen LogP contribution in [0.1, 0.15) is 22.8 Å². The lowest BCUT2D eigenvalue weighted by Crippen LogP contribution is -2.48. The van der Waals surface area contributed by atoms with Crippen LogP contribution in [0.15, 0.2) is 18.2 Å². The Morgan fingerprint density at radius 2 is 2.15 bits per heavy atom. The van der Waals surface area contributed by atoms with E-state index >= 15 is 0 Å². The monoisotopic (exact) mass is 279 g/mol. The second-order valence-electron chi connectivity index (χ2n) is 4.05. The minimum absolute atomic E-state index is 0.0175. The molecule has 0 unspecified atom stereocenters. The maximum atomic E-state index is 13.5. The van der Waals surface area contributed by atoms with Crippen LogP contribution in [0.5, 0.6) is 0 Å². The molecule has 1 amide bonds. The van der Waals surface area contributed by atoms with Gasteiger partial charge < -0.3 is 15.2 Å². The molecule has 0 radical (unpaired) electrons. The first-order valence-corrected chi connectivity index (χ1v) is 5.73. The predicted molar refractivity (Wildman–Crippen MR) is 69.3 cm³/mol. The fourth-order valence-corrected chi connectivity index (χ4v) is 1.50. The van der Waals surface area contributed by atoms with Crippen molar-refractivity contribution in [2.75, 3.05) is 7.11 Å². The van der Waals surface area contributed by atoms with E-state index in [-0.39, 0.29) is 11.1 Å². The Morgan fingerprint density at radius 3 is 2.60 bits per heavy atom. The summed E-state index contributed by atoms with van der Waals surface area (Å²) >= 11 is 0. The molecule has 0 saturated carbocycles. The molecular weight excluding hydrogens is 265 g/mol. The van der Waals surface area contributed by atoms with E-state index in [2.05, 4.69) is 16.0 Å². The molecule has 1 aromatic rings. The van der Waals surface area contributed by atoms with E-state index in [0.29, 0.717) is 0 Å². The van der Waals surface area contributed by atoms with Gasteiger partial charge in [-0.1, -0.05) is 5.92 Å². The number of benzene rings is 1. The summed E-state index contributed by atoms with van der Waals surface area (Å²) in [4.78, 5) is 23.3. The van der Waals surface area contributed by atoms with Crippen molar-refractivity contribution < 1.29 is 23.8 Å². The van der Waals surface area contributed by atoms with Crippen LogP contribution in [-0.2, 0) is 9.53 Å². The maximum Gasteiger partial charge on any atom is 0.331 e. The predicted octanol–water partition coefficient (Wildman–Crippen LogP) is 0.459. The van der Waals surface area contributed by atoms with Gasteiger partial charge >= 0.3 is 5.97 Å². The number of hydrogen-bond donors (Lipinski definition) is 2. The number of amides is 1. The summed E-state index contributed by atoms with van der Waals surface area (Å²) in [5.74, 6) is -0.105. The molecule has 106 valence electrons. The van der Waals surface area contributed by atoms with E-state index in [1.54, 1.807) is 0 Å². The smallest absolute Gasteiger partial charge is 0.331 e. The molecule has 1 aromatic carbocycles. The van der Waals surface area contributed by atoms with Gasteiger partial charge in [0.05, 0.1) is 18.8 Å². The van der Waals surface area contributed by atoms with Gasteiger partial charge in [0.15, 0.2) is 6.04 Å². The fraction of sp³-hybridized carbons (Fsp3) is 0.286. The lowest BCUT2D eigenvalue weighted by Gasteiger charge is -2.18. The molecular formula is C14H14FNO4. The number of aliphatic hydroxyl groups excluding tert-OH is 1. The molecule has 0 bridgehead atoms. The van der Waals surface area contributed by atoms with Gasteiger partial charge in [0, 0.05) is 5.56 Å². The van der Waals surface area contributed by atoms with Gasteiger partial charge in [-0.15, -0.1) is 6.42 Å². The fourth-order valence-electron chi connectivity index (χ4n) is 1.50. The van der Waals surface area contributed by atoms with Crippen LogP contribution in [0.2, 0.25) is 0 Å². The van der Waals surface area contributed by atoms with Gasteiger partial charge in [0.2, 0.25) is 0 Å². The molecule has 0 fully saturated rings. The zero-order valence-electron chi connectivity index (χ0n) is 11.0. The Balaban J connectivity index is 2.93. The van der Waals surface area contributed by atoms with Gasteiger partial charge in [0.1, 0.15) is 5.82 Å². The minimum Gasteiger partial charge on any atom is -0.467 e. The molecule has 0 spiro atoms. The lowest BCUT2D eigenvalue weighted by molar-refractivity contribution is -0.145. The molecule has 0 saturated heterocycles. The molecule has 1 rings (SSSR count). The number of nitrogens with one attached hydrogen (secondary N) is 1. The quantitative estimate of drug-likeness (QED) is 0.620.